The number of Topliss-reactive ketones (excluding diaryl/α,β-unsaturated/α-hetero) is 1. The fourth-order valence-electron chi connectivity index (χ4n) is 2.54. The van der Waals surface area contributed by atoms with E-state index in [1.165, 1.54) is 14.0 Å². The van der Waals surface area contributed by atoms with Crippen molar-refractivity contribution in [2.75, 3.05) is 13.7 Å². The Morgan fingerprint density at radius 2 is 1.85 bits per heavy atom. The summed E-state index contributed by atoms with van der Waals surface area (Å²) in [6.07, 6.45) is -0.649. The van der Waals surface area contributed by atoms with Crippen LogP contribution in [0.2, 0.25) is 0 Å². The van der Waals surface area contributed by atoms with Gasteiger partial charge in [0.1, 0.15) is 17.8 Å². The van der Waals surface area contributed by atoms with Crippen molar-refractivity contribution < 1.29 is 28.7 Å². The molecule has 0 spiro atoms. The van der Waals surface area contributed by atoms with Crippen molar-refractivity contribution in [3.05, 3.63) is 29.8 Å². The van der Waals surface area contributed by atoms with Crippen LogP contribution in [-0.2, 0) is 14.3 Å². The van der Waals surface area contributed by atoms with Gasteiger partial charge in [-0.15, -0.1) is 0 Å². The van der Waals surface area contributed by atoms with Crippen molar-refractivity contribution >= 4 is 23.7 Å². The zero-order valence-electron chi connectivity index (χ0n) is 15.2. The maximum Gasteiger partial charge on any atom is 0.326 e. The molecule has 8 heteroatoms. The van der Waals surface area contributed by atoms with Crippen LogP contribution in [0.15, 0.2) is 24.3 Å². The molecule has 1 aliphatic rings. The molecule has 1 aromatic carbocycles. The maximum atomic E-state index is 12.3. The number of esters is 1. The lowest BCUT2D eigenvalue weighted by molar-refractivity contribution is -0.149. The van der Waals surface area contributed by atoms with Crippen molar-refractivity contribution in [3.63, 3.8) is 0 Å². The van der Waals surface area contributed by atoms with E-state index in [0.29, 0.717) is 17.7 Å². The number of rotatable bonds is 7. The number of methoxy groups -OCH3 is 1. The van der Waals surface area contributed by atoms with Crippen LogP contribution in [0.1, 0.15) is 37.6 Å². The summed E-state index contributed by atoms with van der Waals surface area (Å²) in [6.45, 7) is 4.25. The molecule has 0 saturated carbocycles. The van der Waals surface area contributed by atoms with Gasteiger partial charge in [-0.2, -0.15) is 0 Å². The Morgan fingerprint density at radius 1 is 1.23 bits per heavy atom. The van der Waals surface area contributed by atoms with Crippen molar-refractivity contribution in [1.82, 2.24) is 10.2 Å². The van der Waals surface area contributed by atoms with Gasteiger partial charge in [-0.1, -0.05) is 6.92 Å². The standard InChI is InChI=1S/C18H22N2O6/c1-5-18(3)16(23)20(17(24)19-18)10-14(21)26-11(2)15(22)12-6-8-13(25-4)9-7-12/h6-9,11H,5,10H2,1-4H3,(H,19,24)/t11-,18+/m0/s1. The van der Waals surface area contributed by atoms with Gasteiger partial charge in [0.2, 0.25) is 5.78 Å². The fourth-order valence-corrected chi connectivity index (χ4v) is 2.54. The SMILES string of the molecule is CC[C@@]1(C)NC(=O)N(CC(=O)O[C@@H](C)C(=O)c2ccc(OC)cc2)C1=O. The first kappa shape index (κ1) is 19.4. The highest BCUT2D eigenvalue weighted by molar-refractivity contribution is 6.08. The van der Waals surface area contributed by atoms with Gasteiger partial charge in [0.05, 0.1) is 7.11 Å². The first-order valence-corrected chi connectivity index (χ1v) is 8.23. The molecule has 0 aliphatic carbocycles. The van der Waals surface area contributed by atoms with E-state index in [-0.39, 0.29) is 0 Å². The van der Waals surface area contributed by atoms with Crippen LogP contribution in [0.5, 0.6) is 5.75 Å². The summed E-state index contributed by atoms with van der Waals surface area (Å²) in [4.78, 5) is 49.4. The Balaban J connectivity index is 1.97. The number of carbonyl (C=O) groups excluding carboxylic acids is 4. The summed E-state index contributed by atoms with van der Waals surface area (Å²) in [6, 6.07) is 5.73. The quantitative estimate of drug-likeness (QED) is 0.448. The highest BCUT2D eigenvalue weighted by Crippen LogP contribution is 2.21. The lowest BCUT2D eigenvalue weighted by Crippen LogP contribution is -2.43. The van der Waals surface area contributed by atoms with Gasteiger partial charge >= 0.3 is 12.0 Å². The summed E-state index contributed by atoms with van der Waals surface area (Å²) >= 11 is 0. The second-order valence-electron chi connectivity index (χ2n) is 6.23. The number of benzene rings is 1. The van der Waals surface area contributed by atoms with Crippen molar-refractivity contribution in [3.8, 4) is 5.75 Å². The zero-order chi connectivity index (χ0) is 19.5. The fraction of sp³-hybridized carbons (Fsp3) is 0.444. The van der Waals surface area contributed by atoms with Crippen molar-refractivity contribution in [2.24, 2.45) is 0 Å². The van der Waals surface area contributed by atoms with Crippen LogP contribution in [0.25, 0.3) is 0 Å². The highest BCUT2D eigenvalue weighted by Gasteiger charge is 2.47. The molecule has 1 aliphatic heterocycles. The molecule has 0 unspecified atom stereocenters. The summed E-state index contributed by atoms with van der Waals surface area (Å²) in [5.74, 6) is -1.11. The van der Waals surface area contributed by atoms with Crippen LogP contribution < -0.4 is 10.1 Å². The minimum Gasteiger partial charge on any atom is -0.497 e. The molecule has 26 heavy (non-hydrogen) atoms. The molecular weight excluding hydrogens is 340 g/mol. The lowest BCUT2D eigenvalue weighted by Gasteiger charge is -2.19. The maximum absolute atomic E-state index is 12.3. The molecule has 8 nitrogen and oxygen atoms in total. The number of ketones is 1. The Hall–Kier alpha value is -2.90. The number of carbonyl (C=O) groups is 4. The van der Waals surface area contributed by atoms with Gasteiger partial charge in [-0.3, -0.25) is 19.3 Å². The van der Waals surface area contributed by atoms with E-state index in [1.54, 1.807) is 38.1 Å². The average molecular weight is 362 g/mol. The highest BCUT2D eigenvalue weighted by atomic mass is 16.5. The molecule has 1 fully saturated rings. The lowest BCUT2D eigenvalue weighted by atomic mass is 9.99. The van der Waals surface area contributed by atoms with E-state index in [9.17, 15) is 19.2 Å². The number of imide groups is 1. The number of hydrogen-bond acceptors (Lipinski definition) is 6. The molecule has 0 bridgehead atoms. The number of hydrogen-bond donors (Lipinski definition) is 1. The first-order valence-electron chi connectivity index (χ1n) is 8.23. The Labute approximate surface area is 151 Å². The Bertz CT molecular complexity index is 730. The van der Waals surface area contributed by atoms with Crippen LogP contribution in [0, 0.1) is 0 Å². The van der Waals surface area contributed by atoms with E-state index in [2.05, 4.69) is 5.32 Å². The number of nitrogens with one attached hydrogen (secondary N) is 1. The largest absolute Gasteiger partial charge is 0.497 e. The second kappa shape index (κ2) is 7.55. The predicted octanol–water partition coefficient (Wildman–Crippen LogP) is 1.53. The smallest absolute Gasteiger partial charge is 0.326 e. The van der Waals surface area contributed by atoms with Crippen LogP contribution in [0.3, 0.4) is 0 Å². The molecule has 140 valence electrons. The van der Waals surface area contributed by atoms with Gasteiger partial charge in [0, 0.05) is 5.56 Å². The van der Waals surface area contributed by atoms with Gasteiger partial charge in [0.15, 0.2) is 6.10 Å². The van der Waals surface area contributed by atoms with Gasteiger partial charge in [0.25, 0.3) is 5.91 Å². The number of urea groups is 1. The summed E-state index contributed by atoms with van der Waals surface area (Å²) in [5, 5.41) is 2.55. The van der Waals surface area contributed by atoms with Crippen LogP contribution in [0.4, 0.5) is 4.79 Å². The summed E-state index contributed by atoms with van der Waals surface area (Å²) in [5.41, 5.74) is -0.665. The van der Waals surface area contributed by atoms with E-state index in [1.807, 2.05) is 0 Å². The second-order valence-corrected chi connectivity index (χ2v) is 6.23. The van der Waals surface area contributed by atoms with Gasteiger partial charge in [-0.25, -0.2) is 4.79 Å². The Kier molecular flexibility index (Phi) is 5.64. The van der Waals surface area contributed by atoms with E-state index < -0.39 is 41.9 Å². The minimum absolute atomic E-state index is 0.361. The molecule has 1 saturated heterocycles. The van der Waals surface area contributed by atoms with Gasteiger partial charge < -0.3 is 14.8 Å². The third-order valence-corrected chi connectivity index (χ3v) is 4.39. The summed E-state index contributed by atoms with van der Waals surface area (Å²) in [7, 11) is 1.51. The van der Waals surface area contributed by atoms with Crippen molar-refractivity contribution in [1.29, 1.82) is 0 Å². The van der Waals surface area contributed by atoms with Crippen LogP contribution >= 0.6 is 0 Å². The molecule has 1 heterocycles. The molecule has 0 radical (unpaired) electrons. The number of nitrogens with zero attached hydrogens (tertiary/aromatic N) is 1. The van der Waals surface area contributed by atoms with Crippen molar-refractivity contribution in [2.45, 2.75) is 38.8 Å². The average Bonchev–Trinajstić information content (AvgIpc) is 2.84. The van der Waals surface area contributed by atoms with Crippen LogP contribution in [-0.4, -0.2) is 53.9 Å². The molecule has 1 N–H and O–H groups in total. The monoisotopic (exact) mass is 362 g/mol. The third-order valence-electron chi connectivity index (χ3n) is 4.39. The topological polar surface area (TPSA) is 102 Å². The molecule has 2 atom stereocenters. The van der Waals surface area contributed by atoms with E-state index >= 15 is 0 Å². The first-order chi connectivity index (χ1) is 12.2. The molecule has 3 amide bonds. The molecular formula is C18H22N2O6. The van der Waals surface area contributed by atoms with Gasteiger partial charge in [-0.05, 0) is 44.5 Å². The van der Waals surface area contributed by atoms with E-state index in [0.717, 1.165) is 4.90 Å². The van der Waals surface area contributed by atoms with E-state index in [4.69, 9.17) is 9.47 Å². The number of amides is 3. The Morgan fingerprint density at radius 3 is 2.35 bits per heavy atom. The normalized spacial score (nSPS) is 20.5. The summed E-state index contributed by atoms with van der Waals surface area (Å²) < 4.78 is 10.1. The number of ether oxygens (including phenoxy) is 2. The molecule has 1 aromatic rings. The minimum atomic E-state index is -1.05. The molecule has 0 aromatic heterocycles. The zero-order valence-corrected chi connectivity index (χ0v) is 15.2. The third kappa shape index (κ3) is 3.84. The molecule has 2 rings (SSSR count). The predicted molar refractivity (Wildman–Crippen MR) is 91.8 cm³/mol.